The van der Waals surface area contributed by atoms with Gasteiger partial charge in [-0.3, -0.25) is 0 Å². The van der Waals surface area contributed by atoms with Crippen molar-refractivity contribution < 1.29 is 0 Å². The quantitative estimate of drug-likeness (QED) is 0.615. The van der Waals surface area contributed by atoms with Gasteiger partial charge in [-0.05, 0) is 12.7 Å². The number of rotatable bonds is 2. The van der Waals surface area contributed by atoms with Crippen molar-refractivity contribution in [1.82, 2.24) is 4.98 Å². The molecule has 3 heteroatoms. The molecule has 0 spiro atoms. The van der Waals surface area contributed by atoms with E-state index in [0.717, 1.165) is 6.42 Å². The Balaban J connectivity index is 2.74. The Kier molecular flexibility index (Phi) is 2.54. The summed E-state index contributed by atoms with van der Waals surface area (Å²) in [6.07, 6.45) is 3.11. The third kappa shape index (κ3) is 1.69. The largest absolute Gasteiger partial charge is 0.235 e. The molecule has 1 heterocycles. The van der Waals surface area contributed by atoms with Crippen LogP contribution in [0.5, 0.6) is 0 Å². The summed E-state index contributed by atoms with van der Waals surface area (Å²) in [5, 5.41) is 2.12. The molecule has 1 nitrogen and oxygen atoms in total. The lowest BCUT2D eigenvalue weighted by Crippen LogP contribution is -1.76. The monoisotopic (exact) mass is 159 g/mol. The van der Waals surface area contributed by atoms with E-state index >= 15 is 0 Å². The highest BCUT2D eigenvalue weighted by Gasteiger charge is 1.95. The summed E-state index contributed by atoms with van der Waals surface area (Å²) in [5.41, 5.74) is 1.21. The van der Waals surface area contributed by atoms with Gasteiger partial charge >= 0.3 is 0 Å². The van der Waals surface area contributed by atoms with Gasteiger partial charge in [-0.2, -0.15) is 0 Å². The smallest absolute Gasteiger partial charge is 0.149 e. The van der Waals surface area contributed by atoms with Crippen LogP contribution >= 0.6 is 23.1 Å². The van der Waals surface area contributed by atoms with E-state index < -0.39 is 0 Å². The molecule has 0 bridgehead atoms. The molecule has 9 heavy (non-hydrogen) atoms. The highest BCUT2D eigenvalue weighted by Crippen LogP contribution is 2.19. The molecule has 0 N–H and O–H groups in total. The van der Waals surface area contributed by atoms with Gasteiger partial charge in [0.15, 0.2) is 0 Å². The van der Waals surface area contributed by atoms with Crippen LogP contribution in [0.15, 0.2) is 9.72 Å². The standard InChI is InChI=1S/C6H9NS2/c1-3-5-4-9-6(7-5)8-2/h4H,3H2,1-2H3. The molecular weight excluding hydrogens is 150 g/mol. The fourth-order valence-corrected chi connectivity index (χ4v) is 1.91. The van der Waals surface area contributed by atoms with Gasteiger partial charge in [0.25, 0.3) is 0 Å². The first-order valence-corrected chi connectivity index (χ1v) is 4.95. The second kappa shape index (κ2) is 3.22. The molecule has 0 aliphatic heterocycles. The maximum atomic E-state index is 4.33. The molecule has 0 saturated heterocycles. The zero-order chi connectivity index (χ0) is 6.69. The molecular formula is C6H9NS2. The summed E-state index contributed by atoms with van der Waals surface area (Å²) in [4.78, 5) is 4.33. The Bertz CT molecular complexity index is 164. The van der Waals surface area contributed by atoms with Crippen molar-refractivity contribution >= 4 is 23.1 Å². The Morgan fingerprint density at radius 3 is 2.89 bits per heavy atom. The van der Waals surface area contributed by atoms with Gasteiger partial charge in [-0.15, -0.1) is 11.3 Å². The molecule has 0 atom stereocenters. The fourth-order valence-electron chi connectivity index (χ4n) is 0.545. The average Bonchev–Trinajstić information content (AvgIpc) is 2.34. The first-order chi connectivity index (χ1) is 4.36. The summed E-state index contributed by atoms with van der Waals surface area (Å²) in [6, 6.07) is 0. The topological polar surface area (TPSA) is 12.9 Å². The van der Waals surface area contributed by atoms with Crippen molar-refractivity contribution in [2.45, 2.75) is 17.7 Å². The van der Waals surface area contributed by atoms with Crippen molar-refractivity contribution in [1.29, 1.82) is 0 Å². The van der Waals surface area contributed by atoms with E-state index in [1.54, 1.807) is 23.1 Å². The zero-order valence-electron chi connectivity index (χ0n) is 5.55. The maximum absolute atomic E-state index is 4.33. The lowest BCUT2D eigenvalue weighted by Gasteiger charge is -1.82. The van der Waals surface area contributed by atoms with Crippen LogP contribution in [0.3, 0.4) is 0 Å². The van der Waals surface area contributed by atoms with Crippen LogP contribution in [-0.2, 0) is 6.42 Å². The molecule has 0 radical (unpaired) electrons. The molecule has 1 aromatic rings. The van der Waals surface area contributed by atoms with Gasteiger partial charge in [0.05, 0.1) is 5.69 Å². The third-order valence-corrected chi connectivity index (χ3v) is 2.98. The molecule has 0 unspecified atom stereocenters. The molecule has 0 aliphatic carbocycles. The molecule has 0 amide bonds. The van der Waals surface area contributed by atoms with Gasteiger partial charge in [0.2, 0.25) is 0 Å². The molecule has 0 aromatic carbocycles. The first kappa shape index (κ1) is 7.09. The minimum Gasteiger partial charge on any atom is -0.235 e. The fraction of sp³-hybridized carbons (Fsp3) is 0.500. The van der Waals surface area contributed by atoms with Crippen molar-refractivity contribution in [3.63, 3.8) is 0 Å². The van der Waals surface area contributed by atoms with E-state index in [-0.39, 0.29) is 0 Å². The predicted octanol–water partition coefficient (Wildman–Crippen LogP) is 2.43. The molecule has 1 rings (SSSR count). The van der Waals surface area contributed by atoms with Gasteiger partial charge in [0.1, 0.15) is 4.34 Å². The summed E-state index contributed by atoms with van der Waals surface area (Å²) >= 11 is 3.44. The summed E-state index contributed by atoms with van der Waals surface area (Å²) < 4.78 is 1.17. The Morgan fingerprint density at radius 1 is 1.78 bits per heavy atom. The van der Waals surface area contributed by atoms with Crippen LogP contribution in [-0.4, -0.2) is 11.2 Å². The number of aromatic nitrogens is 1. The van der Waals surface area contributed by atoms with Crippen molar-refractivity contribution in [2.75, 3.05) is 6.26 Å². The van der Waals surface area contributed by atoms with E-state index in [4.69, 9.17) is 0 Å². The molecule has 0 aliphatic rings. The van der Waals surface area contributed by atoms with Crippen molar-refractivity contribution in [2.24, 2.45) is 0 Å². The van der Waals surface area contributed by atoms with E-state index in [1.807, 2.05) is 0 Å². The number of nitrogens with zero attached hydrogens (tertiary/aromatic N) is 1. The van der Waals surface area contributed by atoms with Crippen LogP contribution in [0, 0.1) is 0 Å². The first-order valence-electron chi connectivity index (χ1n) is 2.85. The Morgan fingerprint density at radius 2 is 2.56 bits per heavy atom. The van der Waals surface area contributed by atoms with Gasteiger partial charge in [-0.1, -0.05) is 18.7 Å². The molecule has 1 aromatic heterocycles. The minimum atomic E-state index is 1.05. The lowest BCUT2D eigenvalue weighted by atomic mass is 10.4. The summed E-state index contributed by atoms with van der Waals surface area (Å²) in [7, 11) is 0. The lowest BCUT2D eigenvalue weighted by molar-refractivity contribution is 1.03. The van der Waals surface area contributed by atoms with Gasteiger partial charge in [-0.25, -0.2) is 4.98 Å². The summed E-state index contributed by atoms with van der Waals surface area (Å²) in [6.45, 7) is 2.12. The molecule has 0 fully saturated rings. The SMILES string of the molecule is CCc1csc(SC)n1. The summed E-state index contributed by atoms with van der Waals surface area (Å²) in [5.74, 6) is 0. The van der Waals surface area contributed by atoms with E-state index in [0.29, 0.717) is 0 Å². The van der Waals surface area contributed by atoms with Gasteiger partial charge in [0, 0.05) is 5.38 Å². The van der Waals surface area contributed by atoms with E-state index in [2.05, 4.69) is 23.5 Å². The second-order valence-corrected chi connectivity index (χ2v) is 3.57. The van der Waals surface area contributed by atoms with Crippen molar-refractivity contribution in [3.05, 3.63) is 11.1 Å². The maximum Gasteiger partial charge on any atom is 0.149 e. The third-order valence-electron chi connectivity index (χ3n) is 1.07. The highest BCUT2D eigenvalue weighted by atomic mass is 32.2. The second-order valence-electron chi connectivity index (χ2n) is 1.66. The van der Waals surface area contributed by atoms with E-state index in [9.17, 15) is 0 Å². The number of hydrogen-bond acceptors (Lipinski definition) is 3. The highest BCUT2D eigenvalue weighted by molar-refractivity contribution is 8.00. The van der Waals surface area contributed by atoms with Crippen LogP contribution in [0.1, 0.15) is 12.6 Å². The van der Waals surface area contributed by atoms with E-state index in [1.165, 1.54) is 10.0 Å². The number of hydrogen-bond donors (Lipinski definition) is 0. The normalized spacial score (nSPS) is 10.0. The predicted molar refractivity (Wildman–Crippen MR) is 43.3 cm³/mol. The zero-order valence-corrected chi connectivity index (χ0v) is 7.18. The minimum absolute atomic E-state index is 1.05. The van der Waals surface area contributed by atoms with Crippen LogP contribution in [0.25, 0.3) is 0 Å². The number of aryl methyl sites for hydroxylation is 1. The van der Waals surface area contributed by atoms with Crippen molar-refractivity contribution in [3.8, 4) is 0 Å². The number of thioether (sulfide) groups is 1. The van der Waals surface area contributed by atoms with Gasteiger partial charge < -0.3 is 0 Å². The Labute approximate surface area is 63.5 Å². The average molecular weight is 159 g/mol. The van der Waals surface area contributed by atoms with Crippen LogP contribution in [0.4, 0.5) is 0 Å². The molecule has 0 saturated carbocycles. The van der Waals surface area contributed by atoms with Crippen LogP contribution in [0.2, 0.25) is 0 Å². The Hall–Kier alpha value is -0.0200. The van der Waals surface area contributed by atoms with Crippen LogP contribution < -0.4 is 0 Å². The molecule has 50 valence electrons. The number of thiazole rings is 1.